The van der Waals surface area contributed by atoms with Crippen molar-refractivity contribution in [2.75, 3.05) is 19.1 Å². The molecule has 1 aromatic rings. The monoisotopic (exact) mass is 386 g/mol. The lowest BCUT2D eigenvalue weighted by molar-refractivity contribution is -0.120. The number of hydrogen-bond acceptors (Lipinski definition) is 4. The number of hydrogen-bond donors (Lipinski definition) is 1. The summed E-state index contributed by atoms with van der Waals surface area (Å²) >= 11 is 0. The van der Waals surface area contributed by atoms with E-state index >= 15 is 0 Å². The number of ether oxygens (including phenoxy) is 2. The number of amides is 2. The molecule has 6 nitrogen and oxygen atoms in total. The Labute approximate surface area is 167 Å². The van der Waals surface area contributed by atoms with E-state index in [1.165, 1.54) is 4.90 Å². The van der Waals surface area contributed by atoms with Crippen LogP contribution < -0.4 is 15.0 Å². The molecule has 0 aliphatic heterocycles. The summed E-state index contributed by atoms with van der Waals surface area (Å²) in [6.45, 7) is 5.37. The topological polar surface area (TPSA) is 67.9 Å². The van der Waals surface area contributed by atoms with Crippen molar-refractivity contribution in [3.63, 3.8) is 0 Å². The third kappa shape index (κ3) is 6.44. The van der Waals surface area contributed by atoms with Gasteiger partial charge >= 0.3 is 6.09 Å². The van der Waals surface area contributed by atoms with Crippen LogP contribution in [0, 0.1) is 0 Å². The van der Waals surface area contributed by atoms with Gasteiger partial charge in [-0.3, -0.25) is 4.79 Å². The fraction of sp³-hybridized carbons (Fsp3) is 0.455. The second-order valence-electron chi connectivity index (χ2n) is 7.76. The fourth-order valence-electron chi connectivity index (χ4n) is 2.87. The average Bonchev–Trinajstić information content (AvgIpc) is 2.65. The summed E-state index contributed by atoms with van der Waals surface area (Å²) in [4.78, 5) is 27.0. The van der Waals surface area contributed by atoms with E-state index in [0.29, 0.717) is 12.2 Å². The molecule has 0 aromatic heterocycles. The number of nitrogens with one attached hydrogen (secondary N) is 1. The third-order valence-corrected chi connectivity index (χ3v) is 4.29. The Morgan fingerprint density at radius 2 is 1.86 bits per heavy atom. The standard InChI is InChI=1S/C22H30N2O4/c1-22(2,3)28-21(26)23-19(15-16-9-7-6-8-10-16)20(25)24(4)17-11-13-18(27-5)14-12-17/h7,9-14,19H,6,8,15H2,1-5H3,(H,23,26)/t19-/m0/s1. The van der Waals surface area contributed by atoms with E-state index in [2.05, 4.69) is 17.5 Å². The molecular formula is C22H30N2O4. The fourth-order valence-corrected chi connectivity index (χ4v) is 2.87. The Morgan fingerprint density at radius 3 is 2.39 bits per heavy atom. The summed E-state index contributed by atoms with van der Waals surface area (Å²) in [6, 6.07) is 6.47. The van der Waals surface area contributed by atoms with Crippen LogP contribution in [0.25, 0.3) is 0 Å². The minimum atomic E-state index is -0.726. The molecule has 0 saturated heterocycles. The van der Waals surface area contributed by atoms with Gasteiger partial charge in [-0.2, -0.15) is 0 Å². The summed E-state index contributed by atoms with van der Waals surface area (Å²) in [7, 11) is 3.29. The van der Waals surface area contributed by atoms with Crippen LogP contribution in [0.3, 0.4) is 0 Å². The van der Waals surface area contributed by atoms with Crippen molar-refractivity contribution in [1.82, 2.24) is 5.32 Å². The van der Waals surface area contributed by atoms with Gasteiger partial charge in [-0.25, -0.2) is 4.79 Å². The van der Waals surface area contributed by atoms with Crippen LogP contribution in [-0.2, 0) is 9.53 Å². The number of carbonyl (C=O) groups excluding carboxylic acids is 2. The van der Waals surface area contributed by atoms with Crippen molar-refractivity contribution in [3.05, 3.63) is 48.1 Å². The highest BCUT2D eigenvalue weighted by Crippen LogP contribution is 2.21. The summed E-state index contributed by atoms with van der Waals surface area (Å²) in [6.07, 6.45) is 7.93. The van der Waals surface area contributed by atoms with E-state index in [1.54, 1.807) is 59.2 Å². The van der Waals surface area contributed by atoms with E-state index in [9.17, 15) is 9.59 Å². The Balaban J connectivity index is 2.17. The molecule has 0 heterocycles. The number of anilines is 1. The van der Waals surface area contributed by atoms with Crippen molar-refractivity contribution in [2.45, 2.75) is 51.7 Å². The number of allylic oxidation sites excluding steroid dienone is 3. The molecule has 1 N–H and O–H groups in total. The highest BCUT2D eigenvalue weighted by molar-refractivity contribution is 5.98. The zero-order chi connectivity index (χ0) is 20.7. The predicted octanol–water partition coefficient (Wildman–Crippen LogP) is 4.22. The van der Waals surface area contributed by atoms with Crippen LogP contribution in [0.2, 0.25) is 0 Å². The predicted molar refractivity (Wildman–Crippen MR) is 111 cm³/mol. The SMILES string of the molecule is COc1ccc(N(C)C(=O)[C@H](CC2=CCCC=C2)NC(=O)OC(C)(C)C)cc1. The van der Waals surface area contributed by atoms with Crippen LogP contribution in [-0.4, -0.2) is 37.8 Å². The van der Waals surface area contributed by atoms with Crippen molar-refractivity contribution in [2.24, 2.45) is 0 Å². The number of carbonyl (C=O) groups is 2. The molecule has 1 aliphatic rings. The van der Waals surface area contributed by atoms with E-state index < -0.39 is 17.7 Å². The number of nitrogens with zero attached hydrogens (tertiary/aromatic N) is 1. The summed E-state index contributed by atoms with van der Waals surface area (Å²) in [5.74, 6) is 0.501. The van der Waals surface area contributed by atoms with Gasteiger partial charge in [0, 0.05) is 19.2 Å². The smallest absolute Gasteiger partial charge is 0.408 e. The van der Waals surface area contributed by atoms with Gasteiger partial charge in [0.15, 0.2) is 0 Å². The lowest BCUT2D eigenvalue weighted by atomic mass is 9.99. The van der Waals surface area contributed by atoms with Crippen molar-refractivity contribution in [3.8, 4) is 5.75 Å². The molecule has 1 atom stereocenters. The van der Waals surface area contributed by atoms with Gasteiger partial charge in [-0.15, -0.1) is 0 Å². The van der Waals surface area contributed by atoms with Crippen molar-refractivity contribution < 1.29 is 19.1 Å². The molecule has 2 amide bonds. The number of methoxy groups -OCH3 is 1. The Morgan fingerprint density at radius 1 is 1.18 bits per heavy atom. The maximum atomic E-state index is 13.1. The summed E-state index contributed by atoms with van der Waals surface area (Å²) in [5.41, 5.74) is 1.11. The molecule has 1 aliphatic carbocycles. The lowest BCUT2D eigenvalue weighted by Crippen LogP contribution is -2.49. The van der Waals surface area contributed by atoms with Crippen LogP contribution in [0.1, 0.15) is 40.0 Å². The Kier molecular flexibility index (Phi) is 7.26. The van der Waals surface area contributed by atoms with Gasteiger partial charge in [0.25, 0.3) is 0 Å². The molecular weight excluding hydrogens is 356 g/mol. The molecule has 6 heteroatoms. The Hall–Kier alpha value is -2.76. The first-order valence-corrected chi connectivity index (χ1v) is 9.46. The minimum absolute atomic E-state index is 0.212. The highest BCUT2D eigenvalue weighted by Gasteiger charge is 2.28. The number of benzene rings is 1. The molecule has 0 saturated carbocycles. The first-order valence-electron chi connectivity index (χ1n) is 9.46. The lowest BCUT2D eigenvalue weighted by Gasteiger charge is -2.27. The van der Waals surface area contributed by atoms with Gasteiger partial charge in [0.1, 0.15) is 17.4 Å². The normalized spacial score (nSPS) is 14.7. The molecule has 0 spiro atoms. The summed E-state index contributed by atoms with van der Waals surface area (Å²) in [5, 5.41) is 2.74. The van der Waals surface area contributed by atoms with Gasteiger partial charge in [-0.1, -0.05) is 18.2 Å². The zero-order valence-corrected chi connectivity index (χ0v) is 17.3. The van der Waals surface area contributed by atoms with Gasteiger partial charge in [-0.05, 0) is 63.5 Å². The number of likely N-dealkylation sites (N-methyl/N-ethyl adjacent to an activating group) is 1. The zero-order valence-electron chi connectivity index (χ0n) is 17.3. The number of rotatable bonds is 6. The second kappa shape index (κ2) is 9.44. The molecule has 0 unspecified atom stereocenters. The highest BCUT2D eigenvalue weighted by atomic mass is 16.6. The Bertz CT molecular complexity index is 745. The molecule has 152 valence electrons. The van der Waals surface area contributed by atoms with E-state index in [4.69, 9.17) is 9.47 Å². The molecule has 0 fully saturated rings. The van der Waals surface area contributed by atoms with Crippen LogP contribution >= 0.6 is 0 Å². The van der Waals surface area contributed by atoms with E-state index in [0.717, 1.165) is 24.1 Å². The maximum absolute atomic E-state index is 13.1. The maximum Gasteiger partial charge on any atom is 0.408 e. The molecule has 28 heavy (non-hydrogen) atoms. The molecule has 2 rings (SSSR count). The average molecular weight is 386 g/mol. The van der Waals surface area contributed by atoms with Crippen LogP contribution in [0.5, 0.6) is 5.75 Å². The van der Waals surface area contributed by atoms with E-state index in [-0.39, 0.29) is 5.91 Å². The first-order chi connectivity index (χ1) is 13.2. The van der Waals surface area contributed by atoms with Gasteiger partial charge < -0.3 is 19.7 Å². The van der Waals surface area contributed by atoms with Crippen molar-refractivity contribution in [1.29, 1.82) is 0 Å². The quantitative estimate of drug-likeness (QED) is 0.795. The molecule has 0 radical (unpaired) electrons. The number of alkyl carbamates (subject to hydrolysis) is 1. The van der Waals surface area contributed by atoms with Crippen LogP contribution in [0.15, 0.2) is 48.1 Å². The summed E-state index contributed by atoms with van der Waals surface area (Å²) < 4.78 is 10.5. The van der Waals surface area contributed by atoms with Crippen molar-refractivity contribution >= 4 is 17.7 Å². The second-order valence-corrected chi connectivity index (χ2v) is 7.76. The third-order valence-electron chi connectivity index (χ3n) is 4.29. The van der Waals surface area contributed by atoms with Gasteiger partial charge in [0.05, 0.1) is 7.11 Å². The first kappa shape index (κ1) is 21.5. The largest absolute Gasteiger partial charge is 0.497 e. The molecule has 0 bridgehead atoms. The van der Waals surface area contributed by atoms with Gasteiger partial charge in [0.2, 0.25) is 5.91 Å². The van der Waals surface area contributed by atoms with E-state index in [1.807, 2.05) is 6.08 Å². The molecule has 1 aromatic carbocycles. The minimum Gasteiger partial charge on any atom is -0.497 e. The van der Waals surface area contributed by atoms with Crippen LogP contribution in [0.4, 0.5) is 10.5 Å².